The van der Waals surface area contributed by atoms with Gasteiger partial charge in [-0.25, -0.2) is 9.89 Å². The molecular formula is C17H9Cl2F3N6O4. The Bertz CT molecular complexity index is 1400. The topological polar surface area (TPSA) is 147 Å². The molecule has 0 aliphatic carbocycles. The Morgan fingerprint density at radius 2 is 1.78 bits per heavy atom. The van der Waals surface area contributed by atoms with Crippen molar-refractivity contribution in [1.29, 1.82) is 5.26 Å². The molecule has 3 aromatic rings. The van der Waals surface area contributed by atoms with Crippen LogP contribution in [0.1, 0.15) is 24.1 Å². The Morgan fingerprint density at radius 1 is 1.16 bits per heavy atom. The summed E-state index contributed by atoms with van der Waals surface area (Å²) in [7, 11) is 0. The van der Waals surface area contributed by atoms with E-state index in [1.165, 1.54) is 6.07 Å². The summed E-state index contributed by atoms with van der Waals surface area (Å²) in [6.07, 6.45) is -4.68. The average molecular weight is 489 g/mol. The first-order valence-corrected chi connectivity index (χ1v) is 9.15. The maximum Gasteiger partial charge on any atom is 0.395 e. The van der Waals surface area contributed by atoms with Crippen LogP contribution in [0.4, 0.5) is 13.2 Å². The molecule has 0 saturated heterocycles. The zero-order valence-electron chi connectivity index (χ0n) is 15.6. The van der Waals surface area contributed by atoms with Crippen molar-refractivity contribution in [2.45, 2.75) is 19.0 Å². The van der Waals surface area contributed by atoms with Gasteiger partial charge in [0.15, 0.2) is 5.75 Å². The highest BCUT2D eigenvalue weighted by molar-refractivity contribution is 6.37. The molecule has 0 radical (unpaired) electrons. The molecule has 10 nitrogen and oxygen atoms in total. The van der Waals surface area contributed by atoms with Gasteiger partial charge in [0.2, 0.25) is 11.6 Å². The number of hydrogen-bond acceptors (Lipinski definition) is 7. The number of hydrogen-bond donors (Lipinski definition) is 2. The largest absolute Gasteiger partial charge is 0.434 e. The van der Waals surface area contributed by atoms with Crippen LogP contribution >= 0.6 is 23.2 Å². The lowest BCUT2D eigenvalue weighted by atomic mass is 10.0. The highest BCUT2D eigenvalue weighted by Crippen LogP contribution is 2.38. The fourth-order valence-corrected chi connectivity index (χ4v) is 3.02. The number of nitrogens with one attached hydrogen (secondary N) is 2. The van der Waals surface area contributed by atoms with Crippen LogP contribution in [0, 0.1) is 11.3 Å². The number of aromatic amines is 2. The Labute approximate surface area is 184 Å². The van der Waals surface area contributed by atoms with E-state index in [4.69, 9.17) is 33.2 Å². The van der Waals surface area contributed by atoms with Crippen molar-refractivity contribution >= 4 is 23.2 Å². The molecule has 0 bridgehead atoms. The molecule has 15 heteroatoms. The molecule has 0 spiro atoms. The molecule has 1 atom stereocenters. The molecule has 3 rings (SSSR count). The van der Waals surface area contributed by atoms with Crippen molar-refractivity contribution in [3.05, 3.63) is 70.7 Å². The lowest BCUT2D eigenvalue weighted by Crippen LogP contribution is -2.33. The van der Waals surface area contributed by atoms with E-state index >= 15 is 0 Å². The van der Waals surface area contributed by atoms with Gasteiger partial charge in [-0.1, -0.05) is 23.2 Å². The van der Waals surface area contributed by atoms with Crippen LogP contribution in [0.2, 0.25) is 10.0 Å². The first-order chi connectivity index (χ1) is 14.9. The monoisotopic (exact) mass is 488 g/mol. The number of nitrogens with zero attached hydrogens (tertiary/aromatic N) is 4. The quantitative estimate of drug-likeness (QED) is 0.573. The first-order valence-electron chi connectivity index (χ1n) is 8.39. The van der Waals surface area contributed by atoms with E-state index in [1.807, 2.05) is 10.1 Å². The van der Waals surface area contributed by atoms with Gasteiger partial charge in [-0.05, 0) is 19.1 Å². The molecule has 166 valence electrons. The van der Waals surface area contributed by atoms with Crippen LogP contribution in [0.25, 0.3) is 5.69 Å². The van der Waals surface area contributed by atoms with Crippen molar-refractivity contribution in [1.82, 2.24) is 25.0 Å². The molecule has 2 heterocycles. The second kappa shape index (κ2) is 8.48. The van der Waals surface area contributed by atoms with Crippen LogP contribution in [0.5, 0.6) is 11.6 Å². The van der Waals surface area contributed by atoms with Gasteiger partial charge < -0.3 is 4.74 Å². The number of benzene rings is 1. The summed E-state index contributed by atoms with van der Waals surface area (Å²) in [6, 6.07) is 4.59. The molecule has 1 unspecified atom stereocenters. The molecular weight excluding hydrogens is 480 g/mol. The van der Waals surface area contributed by atoms with Gasteiger partial charge in [0, 0.05) is 11.6 Å². The Balaban J connectivity index is 2.03. The van der Waals surface area contributed by atoms with Crippen LogP contribution in [-0.2, 0) is 0 Å². The van der Waals surface area contributed by atoms with E-state index in [1.54, 1.807) is 0 Å². The highest BCUT2D eigenvalue weighted by atomic mass is 35.5. The normalized spacial score (nSPS) is 12.3. The fourth-order valence-electron chi connectivity index (χ4n) is 2.47. The molecule has 0 fully saturated rings. The number of H-pyrrole nitrogens is 2. The van der Waals surface area contributed by atoms with Crippen molar-refractivity contribution in [3.8, 4) is 23.4 Å². The number of alkyl halides is 3. The summed E-state index contributed by atoms with van der Waals surface area (Å²) >= 11 is 12.3. The molecule has 2 N–H and O–H groups in total. The van der Waals surface area contributed by atoms with Gasteiger partial charge in [0.25, 0.3) is 11.1 Å². The average Bonchev–Trinajstić information content (AvgIpc) is 2.70. The molecule has 2 aromatic heterocycles. The lowest BCUT2D eigenvalue weighted by molar-refractivity contribution is -0.146. The van der Waals surface area contributed by atoms with Gasteiger partial charge in [-0.3, -0.25) is 14.6 Å². The SMILES string of the molecule is CC(c1cc(Oc2c(Cl)cc(-n3nc(C#N)c(=O)[nH]c3=O)cc2Cl)n[nH]c1=O)C(F)(F)F. The van der Waals surface area contributed by atoms with E-state index in [0.717, 1.165) is 25.1 Å². The van der Waals surface area contributed by atoms with E-state index < -0.39 is 46.0 Å². The maximum absolute atomic E-state index is 13.0. The van der Waals surface area contributed by atoms with Crippen LogP contribution in [0.3, 0.4) is 0 Å². The third-order valence-electron chi connectivity index (χ3n) is 4.13. The van der Waals surface area contributed by atoms with Gasteiger partial charge in [0.05, 0.1) is 21.7 Å². The van der Waals surface area contributed by atoms with Crippen molar-refractivity contribution < 1.29 is 17.9 Å². The number of halogens is 5. The number of aromatic nitrogens is 5. The molecule has 0 aliphatic heterocycles. The zero-order chi connectivity index (χ0) is 23.8. The van der Waals surface area contributed by atoms with Gasteiger partial charge in [-0.2, -0.15) is 23.1 Å². The smallest absolute Gasteiger partial charge is 0.395 e. The summed E-state index contributed by atoms with van der Waals surface area (Å²) < 4.78 is 45.0. The Hall–Kier alpha value is -3.63. The third kappa shape index (κ3) is 4.51. The summed E-state index contributed by atoms with van der Waals surface area (Å²) in [5, 5.41) is 17.5. The second-order valence-corrected chi connectivity index (χ2v) is 7.04. The van der Waals surface area contributed by atoms with Crippen LogP contribution < -0.4 is 21.5 Å². The number of nitriles is 1. The minimum atomic E-state index is -4.68. The van der Waals surface area contributed by atoms with Gasteiger partial charge >= 0.3 is 11.9 Å². The Kier molecular flexibility index (Phi) is 6.11. The fraction of sp³-hybridized carbons (Fsp3) is 0.176. The molecule has 1 aromatic carbocycles. The lowest BCUT2D eigenvalue weighted by Gasteiger charge is -2.16. The Morgan fingerprint density at radius 3 is 2.34 bits per heavy atom. The number of ether oxygens (including phenoxy) is 1. The van der Waals surface area contributed by atoms with Gasteiger partial charge in [-0.15, -0.1) is 10.2 Å². The van der Waals surface area contributed by atoms with Gasteiger partial charge in [0.1, 0.15) is 6.07 Å². The third-order valence-corrected chi connectivity index (χ3v) is 4.70. The van der Waals surface area contributed by atoms with E-state index in [0.29, 0.717) is 4.68 Å². The maximum atomic E-state index is 13.0. The van der Waals surface area contributed by atoms with Crippen molar-refractivity contribution in [3.63, 3.8) is 0 Å². The number of rotatable bonds is 4. The molecule has 0 saturated carbocycles. The predicted octanol–water partition coefficient (Wildman–Crippen LogP) is 2.64. The summed E-state index contributed by atoms with van der Waals surface area (Å²) in [5.41, 5.74) is -4.31. The molecule has 0 amide bonds. The van der Waals surface area contributed by atoms with Crippen LogP contribution in [-0.4, -0.2) is 31.1 Å². The molecule has 0 aliphatic rings. The first kappa shape index (κ1) is 23.0. The highest BCUT2D eigenvalue weighted by Gasteiger charge is 2.39. The summed E-state index contributed by atoms with van der Waals surface area (Å²) in [4.78, 5) is 37.1. The zero-order valence-corrected chi connectivity index (χ0v) is 17.1. The molecule has 32 heavy (non-hydrogen) atoms. The minimum absolute atomic E-state index is 0.0501. The minimum Gasteiger partial charge on any atom is -0.434 e. The summed E-state index contributed by atoms with van der Waals surface area (Å²) in [5.74, 6) is -2.78. The van der Waals surface area contributed by atoms with Crippen LogP contribution in [0.15, 0.2) is 32.6 Å². The predicted molar refractivity (Wildman–Crippen MR) is 105 cm³/mol. The van der Waals surface area contributed by atoms with E-state index in [2.05, 4.69) is 10.2 Å². The second-order valence-electron chi connectivity index (χ2n) is 6.23. The van der Waals surface area contributed by atoms with Crippen molar-refractivity contribution in [2.75, 3.05) is 0 Å². The standard InChI is InChI=1S/C17H9Cl2F3N6O4/c1-6(17(20,21)22)8-4-12(25-26-14(8)29)32-13-9(18)2-7(3-10(13)19)28-16(31)24-15(30)11(5-23)27-28/h2-4,6H,1H3,(H,26,29)(H,24,30,31). The van der Waals surface area contributed by atoms with E-state index in [-0.39, 0.29) is 21.5 Å². The van der Waals surface area contributed by atoms with Crippen molar-refractivity contribution in [2.24, 2.45) is 0 Å². The summed E-state index contributed by atoms with van der Waals surface area (Å²) in [6.45, 7) is 0.799. The van der Waals surface area contributed by atoms with E-state index in [9.17, 15) is 27.6 Å².